The average Bonchev–Trinajstić information content (AvgIpc) is 2.69. The summed E-state index contributed by atoms with van der Waals surface area (Å²) in [6.07, 6.45) is 0. The lowest BCUT2D eigenvalue weighted by molar-refractivity contribution is -0.120. The summed E-state index contributed by atoms with van der Waals surface area (Å²) in [5, 5.41) is 2.98. The molecule has 8 heteroatoms. The zero-order valence-corrected chi connectivity index (χ0v) is 18.0. The molecule has 0 saturated carbocycles. The second-order valence-electron chi connectivity index (χ2n) is 7.69. The normalized spacial score (nSPS) is 16.2. The van der Waals surface area contributed by atoms with Gasteiger partial charge in [-0.3, -0.25) is 9.69 Å². The van der Waals surface area contributed by atoms with Crippen LogP contribution in [0, 0.1) is 12.7 Å². The van der Waals surface area contributed by atoms with Crippen molar-refractivity contribution in [2.45, 2.75) is 39.7 Å². The Balaban J connectivity index is 1.60. The molecule has 0 bridgehead atoms. The molecular weight excluding hydrogens is 393 g/mol. The quantitative estimate of drug-likeness (QED) is 0.797. The fraction of sp³-hybridized carbons (Fsp3) is 0.476. The third kappa shape index (κ3) is 5.22. The number of amides is 1. The Kier molecular flexibility index (Phi) is 6.70. The summed E-state index contributed by atoms with van der Waals surface area (Å²) in [6.45, 7) is 11.1. The third-order valence-corrected chi connectivity index (χ3v) is 5.44. The van der Waals surface area contributed by atoms with E-state index < -0.39 is 5.82 Å². The van der Waals surface area contributed by atoms with Crippen LogP contribution in [0.2, 0.25) is 5.02 Å². The van der Waals surface area contributed by atoms with Gasteiger partial charge >= 0.3 is 0 Å². The van der Waals surface area contributed by atoms with Gasteiger partial charge in [-0.2, -0.15) is 0 Å². The standard InChI is InChI=1S/C21H27ClFN5O/c1-13(2)20-24-14(3)11-19(26-20)28-9-7-27(8-10-28)15(4)21(29)25-18-6-5-16(23)12-17(18)22/h5-6,11-13,15H,7-10H2,1-4H3,(H,25,29). The molecule has 1 aliphatic heterocycles. The number of rotatable bonds is 5. The summed E-state index contributed by atoms with van der Waals surface area (Å²) in [5.74, 6) is 1.48. The highest BCUT2D eigenvalue weighted by molar-refractivity contribution is 6.33. The first kappa shape index (κ1) is 21.5. The van der Waals surface area contributed by atoms with Gasteiger partial charge in [-0.05, 0) is 32.0 Å². The average molecular weight is 420 g/mol. The molecule has 1 aromatic heterocycles. The van der Waals surface area contributed by atoms with Gasteiger partial charge in [0.2, 0.25) is 5.91 Å². The first-order valence-corrected chi connectivity index (χ1v) is 10.2. The van der Waals surface area contributed by atoms with Crippen molar-refractivity contribution in [2.24, 2.45) is 0 Å². The zero-order valence-electron chi connectivity index (χ0n) is 17.2. The minimum atomic E-state index is -0.433. The lowest BCUT2D eigenvalue weighted by atomic mass is 10.2. The van der Waals surface area contributed by atoms with Crippen molar-refractivity contribution in [1.29, 1.82) is 0 Å². The number of anilines is 2. The van der Waals surface area contributed by atoms with E-state index in [-0.39, 0.29) is 22.9 Å². The molecule has 1 fully saturated rings. The molecular formula is C21H27ClFN5O. The SMILES string of the molecule is Cc1cc(N2CCN(C(C)C(=O)Nc3ccc(F)cc3Cl)CC2)nc(C(C)C)n1. The van der Waals surface area contributed by atoms with Crippen molar-refractivity contribution < 1.29 is 9.18 Å². The zero-order chi connectivity index (χ0) is 21.1. The highest BCUT2D eigenvalue weighted by Gasteiger charge is 2.27. The molecule has 1 unspecified atom stereocenters. The molecule has 2 heterocycles. The van der Waals surface area contributed by atoms with Crippen molar-refractivity contribution in [3.8, 4) is 0 Å². The van der Waals surface area contributed by atoms with E-state index in [2.05, 4.69) is 33.9 Å². The number of carbonyl (C=O) groups excluding carboxylic acids is 1. The Morgan fingerprint density at radius 2 is 1.83 bits per heavy atom. The van der Waals surface area contributed by atoms with Crippen LogP contribution < -0.4 is 10.2 Å². The first-order chi connectivity index (χ1) is 13.7. The molecule has 6 nitrogen and oxygen atoms in total. The number of nitrogens with one attached hydrogen (secondary N) is 1. The molecule has 2 aromatic rings. The molecule has 1 saturated heterocycles. The van der Waals surface area contributed by atoms with E-state index in [1.165, 1.54) is 18.2 Å². The highest BCUT2D eigenvalue weighted by atomic mass is 35.5. The number of piperazine rings is 1. The van der Waals surface area contributed by atoms with Gasteiger partial charge in [0.15, 0.2) is 0 Å². The lowest BCUT2D eigenvalue weighted by Crippen LogP contribution is -2.53. The van der Waals surface area contributed by atoms with Crippen molar-refractivity contribution >= 4 is 29.0 Å². The summed E-state index contributed by atoms with van der Waals surface area (Å²) in [5.41, 5.74) is 1.38. The number of carbonyl (C=O) groups is 1. The van der Waals surface area contributed by atoms with Crippen LogP contribution in [0.5, 0.6) is 0 Å². The van der Waals surface area contributed by atoms with Gasteiger partial charge in [0.1, 0.15) is 17.5 Å². The number of halogens is 2. The third-order valence-electron chi connectivity index (χ3n) is 5.13. The van der Waals surface area contributed by atoms with Crippen molar-refractivity contribution in [1.82, 2.24) is 14.9 Å². The molecule has 0 spiro atoms. The Bertz CT molecular complexity index is 883. The summed E-state index contributed by atoms with van der Waals surface area (Å²) in [4.78, 5) is 26.2. The summed E-state index contributed by atoms with van der Waals surface area (Å²) in [6, 6.07) is 5.63. The van der Waals surface area contributed by atoms with E-state index in [0.717, 1.165) is 43.5 Å². The molecule has 1 aliphatic rings. The number of nitrogens with zero attached hydrogens (tertiary/aromatic N) is 4. The molecule has 156 valence electrons. The molecule has 0 aliphatic carbocycles. The predicted molar refractivity (Wildman–Crippen MR) is 114 cm³/mol. The first-order valence-electron chi connectivity index (χ1n) is 9.85. The number of aryl methyl sites for hydroxylation is 1. The Morgan fingerprint density at radius 3 is 2.45 bits per heavy atom. The fourth-order valence-corrected chi connectivity index (χ4v) is 3.54. The maximum atomic E-state index is 13.2. The maximum Gasteiger partial charge on any atom is 0.241 e. The molecule has 3 rings (SSSR count). The summed E-state index contributed by atoms with van der Waals surface area (Å²) >= 11 is 6.01. The minimum absolute atomic E-state index is 0.160. The van der Waals surface area contributed by atoms with E-state index in [9.17, 15) is 9.18 Å². The Morgan fingerprint density at radius 1 is 1.14 bits per heavy atom. The van der Waals surface area contributed by atoms with Crippen LogP contribution >= 0.6 is 11.6 Å². The maximum absolute atomic E-state index is 13.2. The van der Waals surface area contributed by atoms with E-state index in [1.807, 2.05) is 19.9 Å². The van der Waals surface area contributed by atoms with Crippen LogP contribution in [0.3, 0.4) is 0 Å². The highest BCUT2D eigenvalue weighted by Crippen LogP contribution is 2.23. The van der Waals surface area contributed by atoms with Crippen molar-refractivity contribution in [2.75, 3.05) is 36.4 Å². The van der Waals surface area contributed by atoms with Crippen LogP contribution in [0.25, 0.3) is 0 Å². The van der Waals surface area contributed by atoms with Crippen LogP contribution in [0.1, 0.15) is 38.2 Å². The number of hydrogen-bond donors (Lipinski definition) is 1. The molecule has 1 atom stereocenters. The minimum Gasteiger partial charge on any atom is -0.354 e. The van der Waals surface area contributed by atoms with Crippen LogP contribution in [0.15, 0.2) is 24.3 Å². The number of aromatic nitrogens is 2. The fourth-order valence-electron chi connectivity index (χ4n) is 3.33. The molecule has 1 aromatic carbocycles. The molecule has 29 heavy (non-hydrogen) atoms. The number of hydrogen-bond acceptors (Lipinski definition) is 5. The van der Waals surface area contributed by atoms with E-state index in [1.54, 1.807) is 0 Å². The van der Waals surface area contributed by atoms with Crippen LogP contribution in [-0.4, -0.2) is 53.0 Å². The van der Waals surface area contributed by atoms with Gasteiger partial charge in [-0.1, -0.05) is 25.4 Å². The second-order valence-corrected chi connectivity index (χ2v) is 8.10. The molecule has 0 radical (unpaired) electrons. The van der Waals surface area contributed by atoms with Crippen LogP contribution in [0.4, 0.5) is 15.9 Å². The topological polar surface area (TPSA) is 61.4 Å². The van der Waals surface area contributed by atoms with Crippen molar-refractivity contribution in [3.05, 3.63) is 46.6 Å². The van der Waals surface area contributed by atoms with Gasteiger partial charge in [0, 0.05) is 43.9 Å². The lowest BCUT2D eigenvalue weighted by Gasteiger charge is -2.38. The monoisotopic (exact) mass is 419 g/mol. The Hall–Kier alpha value is -2.25. The predicted octanol–water partition coefficient (Wildman–Crippen LogP) is 3.85. The van der Waals surface area contributed by atoms with E-state index in [0.29, 0.717) is 5.69 Å². The molecule has 1 N–H and O–H groups in total. The second kappa shape index (κ2) is 9.05. The summed E-state index contributed by atoms with van der Waals surface area (Å²) in [7, 11) is 0. The van der Waals surface area contributed by atoms with Gasteiger partial charge < -0.3 is 10.2 Å². The van der Waals surface area contributed by atoms with Gasteiger partial charge in [-0.15, -0.1) is 0 Å². The van der Waals surface area contributed by atoms with Gasteiger partial charge in [-0.25, -0.2) is 14.4 Å². The largest absolute Gasteiger partial charge is 0.354 e. The van der Waals surface area contributed by atoms with E-state index in [4.69, 9.17) is 16.6 Å². The van der Waals surface area contributed by atoms with E-state index >= 15 is 0 Å². The number of benzene rings is 1. The van der Waals surface area contributed by atoms with Crippen LogP contribution in [-0.2, 0) is 4.79 Å². The molecule has 1 amide bonds. The smallest absolute Gasteiger partial charge is 0.241 e. The Labute approximate surface area is 176 Å². The summed E-state index contributed by atoms with van der Waals surface area (Å²) < 4.78 is 13.2. The van der Waals surface area contributed by atoms with Gasteiger partial charge in [0.05, 0.1) is 16.8 Å². The van der Waals surface area contributed by atoms with Crippen molar-refractivity contribution in [3.63, 3.8) is 0 Å². The van der Waals surface area contributed by atoms with Gasteiger partial charge in [0.25, 0.3) is 0 Å².